The molecule has 0 saturated carbocycles. The van der Waals surface area contributed by atoms with Gasteiger partial charge in [0.25, 0.3) is 5.22 Å². The number of benzene rings is 2. The van der Waals surface area contributed by atoms with Crippen LogP contribution in [-0.2, 0) is 5.75 Å². The second kappa shape index (κ2) is 5.57. The summed E-state index contributed by atoms with van der Waals surface area (Å²) in [5.74, 6) is 0.735. The predicted molar refractivity (Wildman–Crippen MR) is 82.7 cm³/mol. The number of hydrogen-bond acceptors (Lipinski definition) is 3. The molecule has 0 N–H and O–H groups in total. The summed E-state index contributed by atoms with van der Waals surface area (Å²) in [6.07, 6.45) is 0. The van der Waals surface area contributed by atoms with Crippen molar-refractivity contribution in [2.24, 2.45) is 0 Å². The Bertz CT molecular complexity index is 695. The first-order valence-electron chi connectivity index (χ1n) is 5.65. The number of para-hydroxylation sites is 2. The van der Waals surface area contributed by atoms with Crippen LogP contribution in [0.25, 0.3) is 11.1 Å². The number of aromatic nitrogens is 1. The van der Waals surface area contributed by atoms with E-state index in [1.165, 1.54) is 0 Å². The van der Waals surface area contributed by atoms with Crippen molar-refractivity contribution in [2.45, 2.75) is 11.0 Å². The molecule has 0 spiro atoms. The van der Waals surface area contributed by atoms with Crippen LogP contribution in [-0.4, -0.2) is 4.98 Å². The van der Waals surface area contributed by atoms with E-state index < -0.39 is 0 Å². The summed E-state index contributed by atoms with van der Waals surface area (Å²) in [6.45, 7) is 0. The average molecular weight is 355 g/mol. The summed E-state index contributed by atoms with van der Waals surface area (Å²) in [5.41, 5.74) is 2.76. The number of halogens is 2. The van der Waals surface area contributed by atoms with Crippen LogP contribution in [0.3, 0.4) is 0 Å². The Kier molecular flexibility index (Phi) is 3.82. The molecule has 3 aromatic rings. The third-order valence-electron chi connectivity index (χ3n) is 2.64. The van der Waals surface area contributed by atoms with Crippen LogP contribution >= 0.6 is 39.3 Å². The number of hydrogen-bond donors (Lipinski definition) is 0. The Hall–Kier alpha value is -0.970. The lowest BCUT2D eigenvalue weighted by Gasteiger charge is -2.02. The Labute approximate surface area is 128 Å². The minimum atomic E-state index is 0.667. The van der Waals surface area contributed by atoms with Gasteiger partial charge in [-0.1, -0.05) is 57.5 Å². The third-order valence-corrected chi connectivity index (χ3v) is 4.36. The van der Waals surface area contributed by atoms with Crippen molar-refractivity contribution in [1.82, 2.24) is 4.98 Å². The Morgan fingerprint density at radius 3 is 2.84 bits per heavy atom. The van der Waals surface area contributed by atoms with Gasteiger partial charge in [-0.25, -0.2) is 4.98 Å². The molecule has 0 atom stereocenters. The first kappa shape index (κ1) is 13.0. The second-order valence-electron chi connectivity index (χ2n) is 3.97. The van der Waals surface area contributed by atoms with Crippen molar-refractivity contribution >= 4 is 50.4 Å². The van der Waals surface area contributed by atoms with Crippen molar-refractivity contribution in [3.05, 3.63) is 57.5 Å². The zero-order valence-corrected chi connectivity index (χ0v) is 12.9. The highest BCUT2D eigenvalue weighted by atomic mass is 79.9. The minimum Gasteiger partial charge on any atom is -0.431 e. The van der Waals surface area contributed by atoms with Crippen molar-refractivity contribution < 1.29 is 4.42 Å². The summed E-state index contributed by atoms with van der Waals surface area (Å²) < 4.78 is 6.63. The van der Waals surface area contributed by atoms with Crippen LogP contribution in [0.2, 0.25) is 5.02 Å². The van der Waals surface area contributed by atoms with E-state index in [0.717, 1.165) is 31.9 Å². The Balaban J connectivity index is 1.78. The van der Waals surface area contributed by atoms with Gasteiger partial charge in [-0.15, -0.1) is 0 Å². The number of thioether (sulfide) groups is 1. The van der Waals surface area contributed by atoms with E-state index in [1.54, 1.807) is 11.8 Å². The van der Waals surface area contributed by atoms with Crippen LogP contribution < -0.4 is 0 Å². The highest BCUT2D eigenvalue weighted by Crippen LogP contribution is 2.30. The van der Waals surface area contributed by atoms with E-state index in [1.807, 2.05) is 42.5 Å². The SMILES string of the molecule is Clc1cc(Br)ccc1CSc1nc2ccccc2o1. The average Bonchev–Trinajstić information content (AvgIpc) is 2.80. The molecule has 3 rings (SSSR count). The smallest absolute Gasteiger partial charge is 0.257 e. The van der Waals surface area contributed by atoms with Crippen molar-refractivity contribution in [2.75, 3.05) is 0 Å². The van der Waals surface area contributed by atoms with Gasteiger partial charge < -0.3 is 4.42 Å². The molecule has 0 aliphatic rings. The van der Waals surface area contributed by atoms with Crippen LogP contribution in [0.4, 0.5) is 0 Å². The molecule has 2 nitrogen and oxygen atoms in total. The summed E-state index contributed by atoms with van der Waals surface area (Å²) in [5, 5.41) is 1.41. The topological polar surface area (TPSA) is 26.0 Å². The van der Waals surface area contributed by atoms with Gasteiger partial charge in [0.1, 0.15) is 5.52 Å². The quantitative estimate of drug-likeness (QED) is 0.578. The van der Waals surface area contributed by atoms with E-state index in [4.69, 9.17) is 16.0 Å². The molecular formula is C14H9BrClNOS. The van der Waals surface area contributed by atoms with Crippen LogP contribution in [0, 0.1) is 0 Å². The van der Waals surface area contributed by atoms with Gasteiger partial charge in [0.2, 0.25) is 0 Å². The van der Waals surface area contributed by atoms with Crippen LogP contribution in [0.15, 0.2) is 56.6 Å². The van der Waals surface area contributed by atoms with Gasteiger partial charge in [0.05, 0.1) is 0 Å². The fourth-order valence-electron chi connectivity index (χ4n) is 1.69. The third kappa shape index (κ3) is 2.96. The molecule has 5 heteroatoms. The van der Waals surface area contributed by atoms with Gasteiger partial charge >= 0.3 is 0 Å². The maximum atomic E-state index is 6.18. The molecule has 1 heterocycles. The second-order valence-corrected chi connectivity index (χ2v) is 6.22. The maximum absolute atomic E-state index is 6.18. The summed E-state index contributed by atoms with van der Waals surface area (Å²) in [7, 11) is 0. The lowest BCUT2D eigenvalue weighted by molar-refractivity contribution is 0.489. The standard InChI is InChI=1S/C14H9BrClNOS/c15-10-6-5-9(11(16)7-10)8-19-14-17-12-3-1-2-4-13(12)18-14/h1-7H,8H2. The number of rotatable bonds is 3. The van der Waals surface area contributed by atoms with E-state index >= 15 is 0 Å². The first-order chi connectivity index (χ1) is 9.22. The molecular weight excluding hydrogens is 346 g/mol. The van der Waals surface area contributed by atoms with Crippen molar-refractivity contribution in [3.8, 4) is 0 Å². The van der Waals surface area contributed by atoms with Gasteiger partial charge in [0.15, 0.2) is 5.58 Å². The van der Waals surface area contributed by atoms with Crippen LogP contribution in [0.1, 0.15) is 5.56 Å². The van der Waals surface area contributed by atoms with Gasteiger partial charge in [0, 0.05) is 15.2 Å². The summed E-state index contributed by atoms with van der Waals surface area (Å²) in [6, 6.07) is 13.6. The summed E-state index contributed by atoms with van der Waals surface area (Å²) >= 11 is 11.1. The molecule has 0 unspecified atom stereocenters. The van der Waals surface area contributed by atoms with Crippen molar-refractivity contribution in [3.63, 3.8) is 0 Å². The Morgan fingerprint density at radius 1 is 1.21 bits per heavy atom. The molecule has 0 radical (unpaired) electrons. The molecule has 1 aromatic heterocycles. The van der Waals surface area contributed by atoms with E-state index in [-0.39, 0.29) is 0 Å². The Morgan fingerprint density at radius 2 is 2.05 bits per heavy atom. The van der Waals surface area contributed by atoms with Gasteiger partial charge in [-0.3, -0.25) is 0 Å². The fourth-order valence-corrected chi connectivity index (χ4v) is 3.35. The van der Waals surface area contributed by atoms with E-state index in [0.29, 0.717) is 5.22 Å². The summed E-state index contributed by atoms with van der Waals surface area (Å²) in [4.78, 5) is 4.42. The largest absolute Gasteiger partial charge is 0.431 e. The zero-order chi connectivity index (χ0) is 13.2. The zero-order valence-electron chi connectivity index (χ0n) is 9.77. The molecule has 0 aliphatic carbocycles. The normalized spacial score (nSPS) is 11.1. The molecule has 96 valence electrons. The van der Waals surface area contributed by atoms with Gasteiger partial charge in [-0.05, 0) is 29.8 Å². The maximum Gasteiger partial charge on any atom is 0.257 e. The lowest BCUT2D eigenvalue weighted by atomic mass is 10.2. The number of fused-ring (bicyclic) bond motifs is 1. The predicted octanol–water partition coefficient (Wildman–Crippen LogP) is 5.54. The molecule has 0 aliphatic heterocycles. The van der Waals surface area contributed by atoms with Gasteiger partial charge in [-0.2, -0.15) is 0 Å². The molecule has 19 heavy (non-hydrogen) atoms. The highest BCUT2D eigenvalue weighted by molar-refractivity contribution is 9.10. The molecule has 0 saturated heterocycles. The van der Waals surface area contributed by atoms with Crippen LogP contribution in [0.5, 0.6) is 0 Å². The molecule has 0 fully saturated rings. The first-order valence-corrected chi connectivity index (χ1v) is 7.80. The number of nitrogens with zero attached hydrogens (tertiary/aromatic N) is 1. The highest BCUT2D eigenvalue weighted by Gasteiger charge is 2.07. The fraction of sp³-hybridized carbons (Fsp3) is 0.0714. The minimum absolute atomic E-state index is 0.667. The van der Waals surface area contributed by atoms with Crippen molar-refractivity contribution in [1.29, 1.82) is 0 Å². The monoisotopic (exact) mass is 353 g/mol. The molecule has 0 bridgehead atoms. The number of oxazole rings is 1. The molecule has 2 aromatic carbocycles. The molecule has 0 amide bonds. The lowest BCUT2D eigenvalue weighted by Crippen LogP contribution is -1.82. The van der Waals surface area contributed by atoms with E-state index in [2.05, 4.69) is 20.9 Å². The van der Waals surface area contributed by atoms with E-state index in [9.17, 15) is 0 Å².